The van der Waals surface area contributed by atoms with E-state index in [0.29, 0.717) is 18.4 Å². The third-order valence-electron chi connectivity index (χ3n) is 6.54. The van der Waals surface area contributed by atoms with Gasteiger partial charge in [0.25, 0.3) is 0 Å². The quantitative estimate of drug-likeness (QED) is 0.234. The van der Waals surface area contributed by atoms with Gasteiger partial charge in [-0.1, -0.05) is 54.0 Å². The number of hydrogen-bond acceptors (Lipinski definition) is 9. The molecule has 0 aliphatic heterocycles. The van der Waals surface area contributed by atoms with Gasteiger partial charge in [0.05, 0.1) is 18.4 Å². The third kappa shape index (κ3) is 10.3. The molecule has 10 heteroatoms. The molecule has 1 aromatic carbocycles. The van der Waals surface area contributed by atoms with Crippen LogP contribution in [-0.4, -0.2) is 47.4 Å². The van der Waals surface area contributed by atoms with Crippen molar-refractivity contribution < 1.29 is 43.2 Å². The predicted octanol–water partition coefficient (Wildman–Crippen LogP) is 4.89. The van der Waals surface area contributed by atoms with E-state index in [0.717, 1.165) is 6.42 Å². The van der Waals surface area contributed by atoms with Crippen LogP contribution in [0.25, 0.3) is 0 Å². The van der Waals surface area contributed by atoms with Crippen molar-refractivity contribution in [2.75, 3.05) is 6.61 Å². The zero-order valence-electron chi connectivity index (χ0n) is 23.6. The van der Waals surface area contributed by atoms with Crippen LogP contribution < -0.4 is 15.2 Å². The Morgan fingerprint density at radius 1 is 0.895 bits per heavy atom. The molecule has 4 unspecified atom stereocenters. The standard InChI is InChI=1S/C28H43NO9/c1-8-17(4)16-35-27(34)36-20(7)14-28(29,26(32)33)15-21-11-12-22(37-24(30)18(5)9-2)23(13-21)38-25(31)19(6)10-3/h11-13,17-20H,8-10,14-16,29H2,1-7H3,(H,32,33)/t17?,18?,19?,20-,28?/m0/s1. The molecule has 0 radical (unpaired) electrons. The lowest BCUT2D eigenvalue weighted by molar-refractivity contribution is -0.145. The highest BCUT2D eigenvalue weighted by atomic mass is 16.7. The summed E-state index contributed by atoms with van der Waals surface area (Å²) in [5.74, 6) is -2.85. The van der Waals surface area contributed by atoms with E-state index >= 15 is 0 Å². The summed E-state index contributed by atoms with van der Waals surface area (Å²) in [7, 11) is 0. The zero-order valence-corrected chi connectivity index (χ0v) is 23.6. The van der Waals surface area contributed by atoms with Crippen LogP contribution in [0.4, 0.5) is 4.79 Å². The molecular weight excluding hydrogens is 494 g/mol. The van der Waals surface area contributed by atoms with Crippen LogP contribution in [0.2, 0.25) is 0 Å². The molecule has 38 heavy (non-hydrogen) atoms. The van der Waals surface area contributed by atoms with Crippen LogP contribution in [0.5, 0.6) is 11.5 Å². The Hall–Kier alpha value is -3.14. The Bertz CT molecular complexity index is 964. The van der Waals surface area contributed by atoms with E-state index < -0.39 is 41.6 Å². The van der Waals surface area contributed by atoms with Gasteiger partial charge < -0.3 is 29.8 Å². The molecule has 0 amide bonds. The summed E-state index contributed by atoms with van der Waals surface area (Å²) in [4.78, 5) is 49.0. The second kappa shape index (κ2) is 15.3. The van der Waals surface area contributed by atoms with Crippen LogP contribution >= 0.6 is 0 Å². The number of carboxylic acids is 1. The molecule has 3 N–H and O–H groups in total. The molecule has 0 aliphatic carbocycles. The first-order chi connectivity index (χ1) is 17.8. The first-order valence-corrected chi connectivity index (χ1v) is 13.2. The minimum atomic E-state index is -1.82. The van der Waals surface area contributed by atoms with Gasteiger partial charge in [-0.15, -0.1) is 0 Å². The molecule has 0 saturated heterocycles. The number of nitrogens with two attached hydrogens (primary N) is 1. The fraction of sp³-hybridized carbons (Fsp3) is 0.643. The Morgan fingerprint density at radius 2 is 1.45 bits per heavy atom. The first-order valence-electron chi connectivity index (χ1n) is 13.2. The van der Waals surface area contributed by atoms with Crippen molar-refractivity contribution in [1.29, 1.82) is 0 Å². The lowest BCUT2D eigenvalue weighted by Gasteiger charge is -2.28. The molecule has 0 fully saturated rings. The Balaban J connectivity index is 3.14. The minimum Gasteiger partial charge on any atom is -0.480 e. The number of aliphatic carboxylic acids is 1. The summed E-state index contributed by atoms with van der Waals surface area (Å²) < 4.78 is 21.3. The van der Waals surface area contributed by atoms with E-state index in [4.69, 9.17) is 24.7 Å². The number of carbonyl (C=O) groups excluding carboxylic acids is 3. The van der Waals surface area contributed by atoms with Gasteiger partial charge in [-0.25, -0.2) is 4.79 Å². The Kier molecular flexibility index (Phi) is 13.3. The highest BCUT2D eigenvalue weighted by Gasteiger charge is 2.37. The monoisotopic (exact) mass is 537 g/mol. The maximum Gasteiger partial charge on any atom is 0.508 e. The van der Waals surface area contributed by atoms with Crippen molar-refractivity contribution in [3.8, 4) is 11.5 Å². The normalized spacial score (nSPS) is 15.8. The number of benzene rings is 1. The number of carboxylic acid groups (broad SMARTS) is 1. The number of ether oxygens (including phenoxy) is 4. The van der Waals surface area contributed by atoms with Crippen LogP contribution in [0.1, 0.15) is 79.7 Å². The molecule has 0 bridgehead atoms. The van der Waals surface area contributed by atoms with Crippen molar-refractivity contribution in [3.63, 3.8) is 0 Å². The van der Waals surface area contributed by atoms with Gasteiger partial charge in [0.15, 0.2) is 11.5 Å². The van der Waals surface area contributed by atoms with E-state index in [1.54, 1.807) is 19.9 Å². The molecule has 5 atom stereocenters. The highest BCUT2D eigenvalue weighted by molar-refractivity contribution is 5.80. The summed E-state index contributed by atoms with van der Waals surface area (Å²) in [6, 6.07) is 4.44. The zero-order chi connectivity index (χ0) is 29.0. The highest BCUT2D eigenvalue weighted by Crippen LogP contribution is 2.32. The van der Waals surface area contributed by atoms with Gasteiger partial charge in [0.2, 0.25) is 0 Å². The summed E-state index contributed by atoms with van der Waals surface area (Å²) in [6.07, 6.45) is -0.171. The largest absolute Gasteiger partial charge is 0.508 e. The number of esters is 2. The van der Waals surface area contributed by atoms with Gasteiger partial charge in [-0.3, -0.25) is 14.4 Å². The van der Waals surface area contributed by atoms with Crippen molar-refractivity contribution >= 4 is 24.1 Å². The van der Waals surface area contributed by atoms with E-state index in [1.807, 2.05) is 27.7 Å². The Labute approximate surface area is 225 Å². The average molecular weight is 538 g/mol. The predicted molar refractivity (Wildman–Crippen MR) is 141 cm³/mol. The fourth-order valence-corrected chi connectivity index (χ4v) is 3.26. The summed E-state index contributed by atoms with van der Waals surface area (Å²) in [5, 5.41) is 9.91. The maximum atomic E-state index is 12.5. The first kappa shape index (κ1) is 32.9. The number of rotatable bonds is 15. The number of carbonyl (C=O) groups is 4. The molecule has 1 rings (SSSR count). The third-order valence-corrected chi connectivity index (χ3v) is 6.54. The van der Waals surface area contributed by atoms with Crippen molar-refractivity contribution in [1.82, 2.24) is 0 Å². The number of hydrogen-bond donors (Lipinski definition) is 2. The topological polar surface area (TPSA) is 151 Å². The molecule has 0 spiro atoms. The minimum absolute atomic E-state index is 0.00453. The van der Waals surface area contributed by atoms with Crippen LogP contribution in [0.15, 0.2) is 18.2 Å². The second-order valence-corrected chi connectivity index (χ2v) is 10.1. The Morgan fingerprint density at radius 3 is 1.95 bits per heavy atom. The second-order valence-electron chi connectivity index (χ2n) is 10.1. The van der Waals surface area contributed by atoms with Gasteiger partial charge in [-0.05, 0) is 43.4 Å². The molecule has 0 saturated carbocycles. The molecule has 10 nitrogen and oxygen atoms in total. The SMILES string of the molecule is CCC(C)COC(=O)O[C@@H](C)CC(N)(Cc1ccc(OC(=O)C(C)CC)c(OC(=O)C(C)CC)c1)C(=O)O. The lowest BCUT2D eigenvalue weighted by atomic mass is 9.86. The van der Waals surface area contributed by atoms with E-state index in [9.17, 15) is 24.3 Å². The van der Waals surface area contributed by atoms with Gasteiger partial charge in [0.1, 0.15) is 11.6 Å². The van der Waals surface area contributed by atoms with Crippen molar-refractivity contribution in [3.05, 3.63) is 23.8 Å². The van der Waals surface area contributed by atoms with Crippen molar-refractivity contribution in [2.24, 2.45) is 23.5 Å². The van der Waals surface area contributed by atoms with E-state index in [1.165, 1.54) is 19.1 Å². The molecule has 0 aromatic heterocycles. The maximum absolute atomic E-state index is 12.5. The summed E-state index contributed by atoms with van der Waals surface area (Å²) >= 11 is 0. The summed E-state index contributed by atoms with van der Waals surface area (Å²) in [6.45, 7) is 12.7. The van der Waals surface area contributed by atoms with Crippen molar-refractivity contribution in [2.45, 2.75) is 92.2 Å². The fourth-order valence-electron chi connectivity index (χ4n) is 3.26. The van der Waals surface area contributed by atoms with Gasteiger partial charge >= 0.3 is 24.1 Å². The molecule has 1 aromatic rings. The smallest absolute Gasteiger partial charge is 0.480 e. The molecule has 214 valence electrons. The molecule has 0 aliphatic rings. The van der Waals surface area contributed by atoms with E-state index in [-0.39, 0.29) is 42.8 Å². The lowest BCUT2D eigenvalue weighted by Crippen LogP contribution is -2.52. The van der Waals surface area contributed by atoms with Crippen LogP contribution in [0, 0.1) is 17.8 Å². The molecule has 0 heterocycles. The van der Waals surface area contributed by atoms with Gasteiger partial charge in [-0.2, -0.15) is 0 Å². The molecular formula is C28H43NO9. The van der Waals surface area contributed by atoms with Gasteiger partial charge in [0, 0.05) is 12.8 Å². The average Bonchev–Trinajstić information content (AvgIpc) is 2.87. The van der Waals surface area contributed by atoms with Crippen LogP contribution in [-0.2, 0) is 30.3 Å². The van der Waals surface area contributed by atoms with Crippen LogP contribution in [0.3, 0.4) is 0 Å². The summed E-state index contributed by atoms with van der Waals surface area (Å²) in [5.41, 5.74) is 4.88. The van der Waals surface area contributed by atoms with E-state index in [2.05, 4.69) is 0 Å².